The van der Waals surface area contributed by atoms with Gasteiger partial charge in [0.15, 0.2) is 0 Å². The number of sulfonamides is 1. The SMILES string of the molecule is CC[C@@H](C)[C@@H](NC(=O)c1cccc(S(=O)(=O)N2CCOCC2)c1)C(=O)OC. The van der Waals surface area contributed by atoms with Gasteiger partial charge in [-0.3, -0.25) is 4.79 Å². The smallest absolute Gasteiger partial charge is 0.328 e. The van der Waals surface area contributed by atoms with E-state index in [4.69, 9.17) is 9.47 Å². The first-order valence-corrected chi connectivity index (χ1v) is 10.3. The normalized spacial score (nSPS) is 17.7. The first-order valence-electron chi connectivity index (χ1n) is 8.88. The lowest BCUT2D eigenvalue weighted by molar-refractivity contribution is -0.144. The number of esters is 1. The molecule has 0 spiro atoms. The Balaban J connectivity index is 2.22. The van der Waals surface area contributed by atoms with Gasteiger partial charge in [0.25, 0.3) is 5.91 Å². The van der Waals surface area contributed by atoms with Gasteiger partial charge < -0.3 is 14.8 Å². The van der Waals surface area contributed by atoms with Crippen molar-refractivity contribution in [3.8, 4) is 0 Å². The van der Waals surface area contributed by atoms with Gasteiger partial charge in [-0.05, 0) is 24.1 Å². The fourth-order valence-corrected chi connectivity index (χ4v) is 4.21. The van der Waals surface area contributed by atoms with Gasteiger partial charge in [0, 0.05) is 18.7 Å². The van der Waals surface area contributed by atoms with Gasteiger partial charge in [0.05, 0.1) is 25.2 Å². The van der Waals surface area contributed by atoms with Crippen molar-refractivity contribution in [3.63, 3.8) is 0 Å². The van der Waals surface area contributed by atoms with E-state index in [1.165, 1.54) is 35.7 Å². The van der Waals surface area contributed by atoms with Crippen molar-refractivity contribution in [2.75, 3.05) is 33.4 Å². The van der Waals surface area contributed by atoms with Crippen LogP contribution in [0.2, 0.25) is 0 Å². The number of carbonyl (C=O) groups excluding carboxylic acids is 2. The number of nitrogens with one attached hydrogen (secondary N) is 1. The summed E-state index contributed by atoms with van der Waals surface area (Å²) < 4.78 is 36.8. The molecule has 1 fully saturated rings. The summed E-state index contributed by atoms with van der Waals surface area (Å²) in [5.41, 5.74) is 0.168. The molecule has 8 nitrogen and oxygen atoms in total. The molecule has 1 aromatic carbocycles. The number of amides is 1. The van der Waals surface area contributed by atoms with E-state index in [9.17, 15) is 18.0 Å². The molecule has 1 saturated heterocycles. The molecule has 0 saturated carbocycles. The monoisotopic (exact) mass is 398 g/mol. The summed E-state index contributed by atoms with van der Waals surface area (Å²) in [6.45, 7) is 4.97. The summed E-state index contributed by atoms with van der Waals surface area (Å²) in [5.74, 6) is -1.18. The third-order valence-electron chi connectivity index (χ3n) is 4.66. The van der Waals surface area contributed by atoms with Gasteiger partial charge in [-0.1, -0.05) is 26.3 Å². The summed E-state index contributed by atoms with van der Waals surface area (Å²) >= 11 is 0. The molecule has 2 rings (SSSR count). The Kier molecular flexibility index (Phi) is 7.34. The van der Waals surface area contributed by atoms with E-state index in [2.05, 4.69) is 5.32 Å². The Labute approximate surface area is 159 Å². The molecule has 0 unspecified atom stereocenters. The maximum absolute atomic E-state index is 12.8. The van der Waals surface area contributed by atoms with E-state index in [1.807, 2.05) is 13.8 Å². The zero-order valence-electron chi connectivity index (χ0n) is 15.8. The lowest BCUT2D eigenvalue weighted by atomic mass is 9.99. The highest BCUT2D eigenvalue weighted by molar-refractivity contribution is 7.89. The maximum Gasteiger partial charge on any atom is 0.328 e. The molecule has 1 amide bonds. The van der Waals surface area contributed by atoms with Gasteiger partial charge in [0.2, 0.25) is 10.0 Å². The van der Waals surface area contributed by atoms with Crippen LogP contribution in [0.25, 0.3) is 0 Å². The van der Waals surface area contributed by atoms with Crippen LogP contribution in [0.5, 0.6) is 0 Å². The van der Waals surface area contributed by atoms with E-state index >= 15 is 0 Å². The number of rotatable bonds is 7. The molecule has 1 aliphatic rings. The van der Waals surface area contributed by atoms with Gasteiger partial charge in [0.1, 0.15) is 6.04 Å². The number of ether oxygens (including phenoxy) is 2. The quantitative estimate of drug-likeness (QED) is 0.688. The Hall–Kier alpha value is -1.97. The number of hydrogen-bond acceptors (Lipinski definition) is 6. The van der Waals surface area contributed by atoms with Crippen LogP contribution in [0.3, 0.4) is 0 Å². The molecule has 150 valence electrons. The minimum Gasteiger partial charge on any atom is -0.467 e. The van der Waals surface area contributed by atoms with E-state index in [-0.39, 0.29) is 29.5 Å². The Morgan fingerprint density at radius 3 is 2.56 bits per heavy atom. The first-order chi connectivity index (χ1) is 12.8. The zero-order valence-corrected chi connectivity index (χ0v) is 16.6. The van der Waals surface area contributed by atoms with Gasteiger partial charge in [-0.15, -0.1) is 0 Å². The molecule has 1 heterocycles. The van der Waals surface area contributed by atoms with Crippen molar-refractivity contribution in [3.05, 3.63) is 29.8 Å². The Morgan fingerprint density at radius 2 is 1.96 bits per heavy atom. The van der Waals surface area contributed by atoms with Crippen molar-refractivity contribution in [1.29, 1.82) is 0 Å². The molecule has 0 bridgehead atoms. The predicted molar refractivity (Wildman–Crippen MR) is 98.7 cm³/mol. The lowest BCUT2D eigenvalue weighted by Gasteiger charge is -2.26. The van der Waals surface area contributed by atoms with Crippen LogP contribution in [0.1, 0.15) is 30.6 Å². The predicted octanol–water partition coefficient (Wildman–Crippen LogP) is 1.03. The molecule has 27 heavy (non-hydrogen) atoms. The minimum absolute atomic E-state index is 0.0372. The van der Waals surface area contributed by atoms with Gasteiger partial charge in [-0.2, -0.15) is 4.31 Å². The van der Waals surface area contributed by atoms with Crippen molar-refractivity contribution in [2.24, 2.45) is 5.92 Å². The average molecular weight is 398 g/mol. The topological polar surface area (TPSA) is 102 Å². The summed E-state index contributed by atoms with van der Waals surface area (Å²) in [6.07, 6.45) is 0.672. The molecule has 0 aliphatic carbocycles. The molecule has 1 N–H and O–H groups in total. The van der Waals surface area contributed by atoms with Crippen LogP contribution >= 0.6 is 0 Å². The summed E-state index contributed by atoms with van der Waals surface area (Å²) in [6, 6.07) is 5.00. The van der Waals surface area contributed by atoms with Crippen molar-refractivity contribution >= 4 is 21.9 Å². The minimum atomic E-state index is -3.71. The van der Waals surface area contributed by atoms with Crippen LogP contribution in [0.15, 0.2) is 29.2 Å². The fraction of sp³-hybridized carbons (Fsp3) is 0.556. The summed E-state index contributed by atoms with van der Waals surface area (Å²) in [5, 5.41) is 2.65. The van der Waals surface area contributed by atoms with E-state index in [0.717, 1.165) is 0 Å². The van der Waals surface area contributed by atoms with Crippen LogP contribution in [0, 0.1) is 5.92 Å². The second kappa shape index (κ2) is 9.29. The summed E-state index contributed by atoms with van der Waals surface area (Å²) in [7, 11) is -2.44. The average Bonchev–Trinajstić information content (AvgIpc) is 2.71. The molecule has 0 aromatic heterocycles. The highest BCUT2D eigenvalue weighted by atomic mass is 32.2. The fourth-order valence-electron chi connectivity index (χ4n) is 2.75. The third kappa shape index (κ3) is 5.06. The Morgan fingerprint density at radius 1 is 1.30 bits per heavy atom. The molecular formula is C18H26N2O6S. The molecule has 9 heteroatoms. The number of nitrogens with zero attached hydrogens (tertiary/aromatic N) is 1. The van der Waals surface area contributed by atoms with Gasteiger partial charge >= 0.3 is 5.97 Å². The zero-order chi connectivity index (χ0) is 20.0. The highest BCUT2D eigenvalue weighted by Crippen LogP contribution is 2.19. The molecule has 0 radical (unpaired) electrons. The van der Waals surface area contributed by atoms with Crippen LogP contribution in [0.4, 0.5) is 0 Å². The molecule has 1 aromatic rings. The standard InChI is InChI=1S/C18H26N2O6S/c1-4-13(2)16(18(22)25-3)19-17(21)14-6-5-7-15(12-14)27(23,24)20-8-10-26-11-9-20/h5-7,12-13,16H,4,8-11H2,1-3H3,(H,19,21)/t13-,16-/m1/s1. The third-order valence-corrected chi connectivity index (χ3v) is 6.55. The van der Waals surface area contributed by atoms with Crippen molar-refractivity contribution in [1.82, 2.24) is 9.62 Å². The Bertz CT molecular complexity index is 774. The molecule has 2 atom stereocenters. The first kappa shape index (κ1) is 21.3. The van der Waals surface area contributed by atoms with E-state index in [0.29, 0.717) is 19.6 Å². The number of morpholine rings is 1. The van der Waals surface area contributed by atoms with E-state index in [1.54, 1.807) is 0 Å². The second-order valence-corrected chi connectivity index (χ2v) is 8.34. The maximum atomic E-state index is 12.8. The lowest BCUT2D eigenvalue weighted by Crippen LogP contribution is -2.45. The largest absolute Gasteiger partial charge is 0.467 e. The molecule has 1 aliphatic heterocycles. The highest BCUT2D eigenvalue weighted by Gasteiger charge is 2.29. The van der Waals surface area contributed by atoms with Crippen molar-refractivity contribution in [2.45, 2.75) is 31.2 Å². The number of benzene rings is 1. The molecular weight excluding hydrogens is 372 g/mol. The van der Waals surface area contributed by atoms with Crippen LogP contribution in [-0.2, 0) is 24.3 Å². The summed E-state index contributed by atoms with van der Waals surface area (Å²) in [4.78, 5) is 24.6. The number of carbonyl (C=O) groups is 2. The van der Waals surface area contributed by atoms with Crippen molar-refractivity contribution < 1.29 is 27.5 Å². The van der Waals surface area contributed by atoms with Gasteiger partial charge in [-0.25, -0.2) is 13.2 Å². The second-order valence-electron chi connectivity index (χ2n) is 6.40. The number of hydrogen-bond donors (Lipinski definition) is 1. The van der Waals surface area contributed by atoms with Crippen LogP contribution < -0.4 is 5.32 Å². The van der Waals surface area contributed by atoms with E-state index < -0.39 is 27.9 Å². The van der Waals surface area contributed by atoms with Crippen LogP contribution in [-0.4, -0.2) is 64.1 Å². The number of methoxy groups -OCH3 is 1.